The Labute approximate surface area is 147 Å². The minimum atomic E-state index is -0.111. The fourth-order valence-electron chi connectivity index (χ4n) is 2.35. The van der Waals surface area contributed by atoms with Crippen molar-refractivity contribution in [3.8, 4) is 5.75 Å². The third-order valence-corrected chi connectivity index (χ3v) is 4.00. The summed E-state index contributed by atoms with van der Waals surface area (Å²) in [4.78, 5) is 25.2. The molecule has 0 saturated heterocycles. The number of rotatable bonds is 6. The quantitative estimate of drug-likeness (QED) is 0.865. The molecule has 0 saturated carbocycles. The van der Waals surface area contributed by atoms with Crippen molar-refractivity contribution in [2.24, 2.45) is 7.05 Å². The standard InChI is InChI=1S/C18H24N4O3/c1-12-16(13(2)22(5)20-12)10-17(23)19-14-6-8-15(9-7-14)25-11-18(24)21(3)4/h6-9H,10-11H2,1-5H3,(H,19,23). The first-order chi connectivity index (χ1) is 11.8. The summed E-state index contributed by atoms with van der Waals surface area (Å²) in [5, 5.41) is 7.18. The molecule has 0 fully saturated rings. The third kappa shape index (κ3) is 4.82. The van der Waals surface area contributed by atoms with Gasteiger partial charge in [0, 0.05) is 38.1 Å². The average Bonchev–Trinajstić information content (AvgIpc) is 2.80. The summed E-state index contributed by atoms with van der Waals surface area (Å²) in [6.45, 7) is 3.83. The van der Waals surface area contributed by atoms with Gasteiger partial charge in [0.2, 0.25) is 5.91 Å². The van der Waals surface area contributed by atoms with Crippen molar-refractivity contribution in [3.05, 3.63) is 41.2 Å². The molecule has 0 aliphatic carbocycles. The largest absolute Gasteiger partial charge is 0.484 e. The zero-order valence-electron chi connectivity index (χ0n) is 15.3. The zero-order chi connectivity index (χ0) is 18.6. The van der Waals surface area contributed by atoms with Gasteiger partial charge < -0.3 is 15.0 Å². The van der Waals surface area contributed by atoms with E-state index in [1.807, 2.05) is 20.9 Å². The Morgan fingerprint density at radius 1 is 1.20 bits per heavy atom. The van der Waals surface area contributed by atoms with E-state index in [-0.39, 0.29) is 24.8 Å². The van der Waals surface area contributed by atoms with Crippen molar-refractivity contribution >= 4 is 17.5 Å². The molecule has 1 N–H and O–H groups in total. The number of likely N-dealkylation sites (N-methyl/N-ethyl adjacent to an activating group) is 1. The maximum Gasteiger partial charge on any atom is 0.259 e. The zero-order valence-corrected chi connectivity index (χ0v) is 15.3. The van der Waals surface area contributed by atoms with Crippen LogP contribution in [0.2, 0.25) is 0 Å². The van der Waals surface area contributed by atoms with E-state index in [1.54, 1.807) is 43.0 Å². The predicted octanol–water partition coefficient (Wildman–Crippen LogP) is 1.69. The molecule has 0 aliphatic heterocycles. The average molecular weight is 344 g/mol. The van der Waals surface area contributed by atoms with Crippen LogP contribution in [-0.4, -0.2) is 47.2 Å². The molecule has 1 aromatic carbocycles. The molecule has 0 aliphatic rings. The van der Waals surface area contributed by atoms with Crippen molar-refractivity contribution in [2.45, 2.75) is 20.3 Å². The van der Waals surface area contributed by atoms with Gasteiger partial charge in [-0.05, 0) is 38.1 Å². The number of aryl methyl sites for hydroxylation is 2. The van der Waals surface area contributed by atoms with E-state index >= 15 is 0 Å². The summed E-state index contributed by atoms with van der Waals surface area (Å²) < 4.78 is 7.18. The third-order valence-electron chi connectivity index (χ3n) is 4.00. The molecular weight excluding hydrogens is 320 g/mol. The Hall–Kier alpha value is -2.83. The molecule has 0 atom stereocenters. The number of hydrogen-bond donors (Lipinski definition) is 1. The Balaban J connectivity index is 1.92. The molecular formula is C18H24N4O3. The van der Waals surface area contributed by atoms with Crippen molar-refractivity contribution in [1.29, 1.82) is 0 Å². The Morgan fingerprint density at radius 3 is 2.36 bits per heavy atom. The molecule has 7 heteroatoms. The van der Waals surface area contributed by atoms with Crippen molar-refractivity contribution in [3.63, 3.8) is 0 Å². The lowest BCUT2D eigenvalue weighted by Gasteiger charge is -2.12. The number of hydrogen-bond acceptors (Lipinski definition) is 4. The van der Waals surface area contributed by atoms with Gasteiger partial charge in [-0.3, -0.25) is 14.3 Å². The van der Waals surface area contributed by atoms with Gasteiger partial charge in [0.05, 0.1) is 12.1 Å². The van der Waals surface area contributed by atoms with Crippen LogP contribution in [0.25, 0.3) is 0 Å². The van der Waals surface area contributed by atoms with Gasteiger partial charge in [-0.1, -0.05) is 0 Å². The van der Waals surface area contributed by atoms with E-state index in [9.17, 15) is 9.59 Å². The lowest BCUT2D eigenvalue weighted by atomic mass is 10.1. The van der Waals surface area contributed by atoms with Crippen LogP contribution in [0.4, 0.5) is 5.69 Å². The topological polar surface area (TPSA) is 76.5 Å². The number of amides is 2. The molecule has 1 heterocycles. The Bertz CT molecular complexity index is 763. The van der Waals surface area contributed by atoms with Gasteiger partial charge in [0.15, 0.2) is 6.61 Å². The summed E-state index contributed by atoms with van der Waals surface area (Å²) in [7, 11) is 5.22. The second-order valence-corrected chi connectivity index (χ2v) is 6.10. The molecule has 2 rings (SSSR count). The monoisotopic (exact) mass is 344 g/mol. The molecule has 0 unspecified atom stereocenters. The molecule has 0 bridgehead atoms. The fourth-order valence-corrected chi connectivity index (χ4v) is 2.35. The Morgan fingerprint density at radius 2 is 1.84 bits per heavy atom. The molecule has 25 heavy (non-hydrogen) atoms. The highest BCUT2D eigenvalue weighted by molar-refractivity contribution is 5.92. The molecule has 7 nitrogen and oxygen atoms in total. The summed E-state index contributed by atoms with van der Waals surface area (Å²) in [6, 6.07) is 6.94. The number of nitrogens with zero attached hydrogens (tertiary/aromatic N) is 3. The molecule has 134 valence electrons. The van der Waals surface area contributed by atoms with Crippen molar-refractivity contribution in [2.75, 3.05) is 26.0 Å². The van der Waals surface area contributed by atoms with E-state index in [1.165, 1.54) is 4.90 Å². The number of ether oxygens (including phenoxy) is 1. The highest BCUT2D eigenvalue weighted by Crippen LogP contribution is 2.17. The SMILES string of the molecule is Cc1nn(C)c(C)c1CC(=O)Nc1ccc(OCC(=O)N(C)C)cc1. The van der Waals surface area contributed by atoms with Gasteiger partial charge >= 0.3 is 0 Å². The van der Waals surface area contributed by atoms with Gasteiger partial charge in [-0.25, -0.2) is 0 Å². The molecule has 2 aromatic rings. The second kappa shape index (κ2) is 7.83. The van der Waals surface area contributed by atoms with Crippen molar-refractivity contribution in [1.82, 2.24) is 14.7 Å². The van der Waals surface area contributed by atoms with Crippen LogP contribution in [0.5, 0.6) is 5.75 Å². The summed E-state index contributed by atoms with van der Waals surface area (Å²) in [6.07, 6.45) is 0.279. The maximum atomic E-state index is 12.2. The van der Waals surface area contributed by atoms with Gasteiger partial charge in [-0.2, -0.15) is 5.10 Å². The number of benzene rings is 1. The first-order valence-corrected chi connectivity index (χ1v) is 8.00. The first-order valence-electron chi connectivity index (χ1n) is 8.00. The van der Waals surface area contributed by atoms with Gasteiger partial charge in [-0.15, -0.1) is 0 Å². The number of nitrogens with one attached hydrogen (secondary N) is 1. The smallest absolute Gasteiger partial charge is 0.259 e. The van der Waals surface area contributed by atoms with E-state index in [2.05, 4.69) is 10.4 Å². The fraction of sp³-hybridized carbons (Fsp3) is 0.389. The van der Waals surface area contributed by atoms with E-state index in [0.717, 1.165) is 17.0 Å². The number of aromatic nitrogens is 2. The van der Waals surface area contributed by atoms with Gasteiger partial charge in [0.25, 0.3) is 5.91 Å². The molecule has 0 spiro atoms. The van der Waals surface area contributed by atoms with Crippen molar-refractivity contribution < 1.29 is 14.3 Å². The normalized spacial score (nSPS) is 10.4. The number of carbonyl (C=O) groups is 2. The van der Waals surface area contributed by atoms with Crippen LogP contribution in [0, 0.1) is 13.8 Å². The van der Waals surface area contributed by atoms with Gasteiger partial charge in [0.1, 0.15) is 5.75 Å². The van der Waals surface area contributed by atoms with E-state index < -0.39 is 0 Å². The van der Waals surface area contributed by atoms with Crippen LogP contribution in [0.1, 0.15) is 17.0 Å². The molecule has 1 aromatic heterocycles. The van der Waals surface area contributed by atoms with Crippen LogP contribution < -0.4 is 10.1 Å². The van der Waals surface area contributed by atoms with Crippen LogP contribution in [0.3, 0.4) is 0 Å². The molecule has 0 radical (unpaired) electrons. The maximum absolute atomic E-state index is 12.2. The highest BCUT2D eigenvalue weighted by Gasteiger charge is 2.13. The van der Waals surface area contributed by atoms with Crippen LogP contribution in [0.15, 0.2) is 24.3 Å². The summed E-state index contributed by atoms with van der Waals surface area (Å²) in [5.41, 5.74) is 3.48. The summed E-state index contributed by atoms with van der Waals surface area (Å²) >= 11 is 0. The van der Waals surface area contributed by atoms with E-state index in [0.29, 0.717) is 11.4 Å². The first kappa shape index (κ1) is 18.5. The second-order valence-electron chi connectivity index (χ2n) is 6.10. The highest BCUT2D eigenvalue weighted by atomic mass is 16.5. The minimum absolute atomic E-state index is 0.0156. The summed E-state index contributed by atoms with van der Waals surface area (Å²) in [5.74, 6) is 0.363. The van der Waals surface area contributed by atoms with Crippen LogP contribution in [-0.2, 0) is 23.1 Å². The lowest BCUT2D eigenvalue weighted by Crippen LogP contribution is -2.27. The minimum Gasteiger partial charge on any atom is -0.484 e. The predicted molar refractivity (Wildman–Crippen MR) is 95.6 cm³/mol. The Kier molecular flexibility index (Phi) is 5.80. The lowest BCUT2D eigenvalue weighted by molar-refractivity contribution is -0.130. The number of carbonyl (C=O) groups excluding carboxylic acids is 2. The number of anilines is 1. The van der Waals surface area contributed by atoms with E-state index in [4.69, 9.17) is 4.74 Å². The molecule has 2 amide bonds. The van der Waals surface area contributed by atoms with Crippen LogP contribution >= 0.6 is 0 Å².